The van der Waals surface area contributed by atoms with Gasteiger partial charge in [0.05, 0.1) is 17.5 Å². The number of hydrogen-bond donors (Lipinski definition) is 2. The number of benzene rings is 2. The molecule has 1 heterocycles. The van der Waals surface area contributed by atoms with Crippen LogP contribution in [0.3, 0.4) is 0 Å². The molecule has 0 aliphatic carbocycles. The molecule has 1 atom stereocenters. The third kappa shape index (κ3) is 3.35. The molecule has 2 aromatic carbocycles. The monoisotopic (exact) mass is 332 g/mol. The van der Waals surface area contributed by atoms with Crippen molar-refractivity contribution in [3.8, 4) is 5.75 Å². The van der Waals surface area contributed by atoms with Gasteiger partial charge in [-0.25, -0.2) is 13.6 Å². The van der Waals surface area contributed by atoms with Crippen molar-refractivity contribution in [2.75, 3.05) is 6.61 Å². The molecule has 23 heavy (non-hydrogen) atoms. The minimum absolute atomic E-state index is 0.0227. The number of nitrogens with two attached hydrogens (primary N) is 1. The van der Waals surface area contributed by atoms with Crippen LogP contribution in [0.15, 0.2) is 53.4 Å². The van der Waals surface area contributed by atoms with Gasteiger partial charge in [-0.1, -0.05) is 18.2 Å². The first kappa shape index (κ1) is 15.5. The molecule has 0 aromatic heterocycles. The second-order valence-corrected chi connectivity index (χ2v) is 6.83. The van der Waals surface area contributed by atoms with E-state index >= 15 is 0 Å². The van der Waals surface area contributed by atoms with E-state index in [1.807, 2.05) is 24.3 Å². The first-order valence-electron chi connectivity index (χ1n) is 7.10. The summed E-state index contributed by atoms with van der Waals surface area (Å²) in [5, 5.41) is 7.99. The van der Waals surface area contributed by atoms with Gasteiger partial charge in [-0.05, 0) is 30.3 Å². The van der Waals surface area contributed by atoms with Crippen LogP contribution in [0.25, 0.3) is 0 Å². The molecule has 1 aliphatic rings. The van der Waals surface area contributed by atoms with Crippen LogP contribution in [0, 0.1) is 0 Å². The quantitative estimate of drug-likeness (QED) is 0.891. The van der Waals surface area contributed by atoms with E-state index < -0.39 is 10.0 Å². The van der Waals surface area contributed by atoms with Crippen LogP contribution in [0.4, 0.5) is 0 Å². The Morgan fingerprint density at radius 2 is 1.83 bits per heavy atom. The Hall–Kier alpha value is -2.38. The first-order chi connectivity index (χ1) is 10.9. The number of primary sulfonamides is 1. The minimum Gasteiger partial charge on any atom is -0.493 e. The van der Waals surface area contributed by atoms with E-state index in [0.29, 0.717) is 18.6 Å². The number of para-hydroxylation sites is 1. The smallest absolute Gasteiger partial charge is 0.251 e. The maximum absolute atomic E-state index is 12.4. The molecule has 1 amide bonds. The van der Waals surface area contributed by atoms with Crippen molar-refractivity contribution in [3.63, 3.8) is 0 Å². The summed E-state index contributed by atoms with van der Waals surface area (Å²) in [6.07, 6.45) is 0.679. The molecular weight excluding hydrogens is 316 g/mol. The number of rotatable bonds is 3. The Morgan fingerprint density at radius 1 is 1.13 bits per heavy atom. The van der Waals surface area contributed by atoms with Crippen molar-refractivity contribution in [1.82, 2.24) is 5.32 Å². The molecule has 0 spiro atoms. The number of amides is 1. The highest BCUT2D eigenvalue weighted by Gasteiger charge is 2.23. The summed E-state index contributed by atoms with van der Waals surface area (Å²) in [4.78, 5) is 12.3. The molecular formula is C16H16N2O4S. The Morgan fingerprint density at radius 3 is 2.52 bits per heavy atom. The second kappa shape index (κ2) is 6.02. The van der Waals surface area contributed by atoms with Crippen LogP contribution in [0.2, 0.25) is 0 Å². The van der Waals surface area contributed by atoms with Gasteiger partial charge >= 0.3 is 0 Å². The van der Waals surface area contributed by atoms with Crippen LogP contribution in [0.1, 0.15) is 28.4 Å². The summed E-state index contributed by atoms with van der Waals surface area (Å²) >= 11 is 0. The molecule has 3 rings (SSSR count). The highest BCUT2D eigenvalue weighted by Crippen LogP contribution is 2.31. The number of sulfonamides is 1. The van der Waals surface area contributed by atoms with Crippen LogP contribution in [-0.4, -0.2) is 20.9 Å². The first-order valence-corrected chi connectivity index (χ1v) is 8.65. The lowest BCUT2D eigenvalue weighted by atomic mass is 10.00. The molecule has 0 unspecified atom stereocenters. The van der Waals surface area contributed by atoms with Gasteiger partial charge in [0.25, 0.3) is 5.91 Å². The summed E-state index contributed by atoms with van der Waals surface area (Å²) in [5.74, 6) is 0.501. The van der Waals surface area contributed by atoms with Crippen LogP contribution in [-0.2, 0) is 10.0 Å². The molecule has 3 N–H and O–H groups in total. The van der Waals surface area contributed by atoms with E-state index in [-0.39, 0.29) is 16.8 Å². The van der Waals surface area contributed by atoms with Crippen molar-refractivity contribution in [2.45, 2.75) is 17.4 Å². The summed E-state index contributed by atoms with van der Waals surface area (Å²) in [6.45, 7) is 0.534. The van der Waals surface area contributed by atoms with Gasteiger partial charge in [-0.2, -0.15) is 0 Å². The van der Waals surface area contributed by atoms with Gasteiger partial charge in [0.15, 0.2) is 0 Å². The lowest BCUT2D eigenvalue weighted by Gasteiger charge is -2.26. The fraction of sp³-hybridized carbons (Fsp3) is 0.188. The predicted octanol–water partition coefficient (Wildman–Crippen LogP) is 1.59. The highest BCUT2D eigenvalue weighted by atomic mass is 32.2. The summed E-state index contributed by atoms with van der Waals surface area (Å²) in [7, 11) is -3.76. The Kier molecular flexibility index (Phi) is 4.06. The van der Waals surface area contributed by atoms with Crippen molar-refractivity contribution < 1.29 is 17.9 Å². The van der Waals surface area contributed by atoms with Crippen LogP contribution >= 0.6 is 0 Å². The van der Waals surface area contributed by atoms with Crippen LogP contribution < -0.4 is 15.2 Å². The number of carbonyl (C=O) groups excluding carboxylic acids is 1. The Balaban J connectivity index is 1.78. The largest absolute Gasteiger partial charge is 0.493 e. The maximum Gasteiger partial charge on any atom is 0.251 e. The average molecular weight is 332 g/mol. The molecule has 120 valence electrons. The van der Waals surface area contributed by atoms with Gasteiger partial charge < -0.3 is 10.1 Å². The third-order valence-corrected chi connectivity index (χ3v) is 4.64. The molecule has 1 aliphatic heterocycles. The molecule has 0 saturated carbocycles. The van der Waals surface area contributed by atoms with E-state index in [1.165, 1.54) is 24.3 Å². The highest BCUT2D eigenvalue weighted by molar-refractivity contribution is 7.89. The summed E-state index contributed by atoms with van der Waals surface area (Å²) < 4.78 is 28.0. The van der Waals surface area contributed by atoms with Crippen molar-refractivity contribution in [1.29, 1.82) is 0 Å². The van der Waals surface area contributed by atoms with E-state index in [4.69, 9.17) is 9.88 Å². The number of ether oxygens (including phenoxy) is 1. The van der Waals surface area contributed by atoms with E-state index in [9.17, 15) is 13.2 Å². The molecule has 7 heteroatoms. The van der Waals surface area contributed by atoms with E-state index in [2.05, 4.69) is 5.32 Å². The van der Waals surface area contributed by atoms with Crippen molar-refractivity contribution in [2.24, 2.45) is 5.14 Å². The van der Waals surface area contributed by atoms with Gasteiger partial charge in [0.2, 0.25) is 10.0 Å². The molecule has 0 fully saturated rings. The van der Waals surface area contributed by atoms with Crippen LogP contribution in [0.5, 0.6) is 5.75 Å². The standard InChI is InChI=1S/C16H16N2O4S/c17-23(20,21)12-7-5-11(6-8-12)16(19)18-14-9-10-22-15-4-2-1-3-13(14)15/h1-8,14H,9-10H2,(H,18,19)(H2,17,20,21)/t14-/m0/s1. The topological polar surface area (TPSA) is 98.5 Å². The fourth-order valence-corrected chi connectivity index (χ4v) is 3.05. The molecule has 0 saturated heterocycles. The SMILES string of the molecule is NS(=O)(=O)c1ccc(C(=O)N[C@H]2CCOc3ccccc32)cc1. The second-order valence-electron chi connectivity index (χ2n) is 5.27. The van der Waals surface area contributed by atoms with Gasteiger partial charge in [0.1, 0.15) is 5.75 Å². The summed E-state index contributed by atoms with van der Waals surface area (Å²) in [5.41, 5.74) is 1.31. The number of nitrogens with one attached hydrogen (secondary N) is 1. The Labute approximate surface area is 134 Å². The van der Waals surface area contributed by atoms with Gasteiger partial charge in [-0.15, -0.1) is 0 Å². The zero-order valence-corrected chi connectivity index (χ0v) is 13.0. The number of hydrogen-bond acceptors (Lipinski definition) is 4. The van der Waals surface area contributed by atoms with Gasteiger partial charge in [0, 0.05) is 17.5 Å². The minimum atomic E-state index is -3.76. The normalized spacial score (nSPS) is 17.0. The fourth-order valence-electron chi connectivity index (χ4n) is 2.53. The summed E-state index contributed by atoms with van der Waals surface area (Å²) in [6, 6.07) is 13.0. The van der Waals surface area contributed by atoms with E-state index in [1.54, 1.807) is 0 Å². The lowest BCUT2D eigenvalue weighted by molar-refractivity contribution is 0.0924. The number of fused-ring (bicyclic) bond motifs is 1. The molecule has 6 nitrogen and oxygen atoms in total. The maximum atomic E-state index is 12.4. The Bertz CT molecular complexity index is 831. The van der Waals surface area contributed by atoms with E-state index in [0.717, 1.165) is 11.3 Å². The number of carbonyl (C=O) groups is 1. The van der Waals surface area contributed by atoms with Gasteiger partial charge in [-0.3, -0.25) is 4.79 Å². The van der Waals surface area contributed by atoms with Crippen molar-refractivity contribution in [3.05, 3.63) is 59.7 Å². The lowest BCUT2D eigenvalue weighted by Crippen LogP contribution is -2.32. The predicted molar refractivity (Wildman–Crippen MR) is 84.6 cm³/mol. The zero-order chi connectivity index (χ0) is 16.4. The molecule has 0 bridgehead atoms. The molecule has 2 aromatic rings. The zero-order valence-electron chi connectivity index (χ0n) is 12.2. The van der Waals surface area contributed by atoms with Crippen molar-refractivity contribution >= 4 is 15.9 Å². The molecule has 0 radical (unpaired) electrons. The average Bonchev–Trinajstić information content (AvgIpc) is 2.54. The third-order valence-electron chi connectivity index (χ3n) is 3.71.